The van der Waals surface area contributed by atoms with E-state index in [0.717, 1.165) is 25.7 Å². The van der Waals surface area contributed by atoms with Crippen molar-refractivity contribution in [3.8, 4) is 0 Å². The van der Waals surface area contributed by atoms with E-state index in [-0.39, 0.29) is 6.42 Å². The van der Waals surface area contributed by atoms with Crippen LogP contribution in [0.1, 0.15) is 187 Å². The molecule has 0 spiro atoms. The molecule has 0 aliphatic carbocycles. The fourth-order valence-electron chi connectivity index (χ4n) is 5.20. The number of carboxylic acids is 1. The topological polar surface area (TPSA) is 63.6 Å². The van der Waals surface area contributed by atoms with Crippen LogP contribution in [0.25, 0.3) is 0 Å². The van der Waals surface area contributed by atoms with Gasteiger partial charge in [0.05, 0.1) is 18.9 Å². The van der Waals surface area contributed by atoms with Gasteiger partial charge < -0.3 is 9.84 Å². The smallest absolute Gasteiger partial charge is 0.307 e. The van der Waals surface area contributed by atoms with Crippen molar-refractivity contribution in [3.05, 3.63) is 12.2 Å². The summed E-state index contributed by atoms with van der Waals surface area (Å²) in [5, 5.41) is 9.31. The van der Waals surface area contributed by atoms with Crippen molar-refractivity contribution < 1.29 is 19.4 Å². The van der Waals surface area contributed by atoms with Crippen molar-refractivity contribution in [1.29, 1.82) is 0 Å². The summed E-state index contributed by atoms with van der Waals surface area (Å²) in [4.78, 5) is 23.0. The summed E-state index contributed by atoms with van der Waals surface area (Å²) in [7, 11) is 0. The van der Waals surface area contributed by atoms with E-state index >= 15 is 0 Å². The zero-order valence-corrected chi connectivity index (χ0v) is 26.2. The van der Waals surface area contributed by atoms with Gasteiger partial charge in [-0.1, -0.05) is 154 Å². The minimum Gasteiger partial charge on any atom is -0.481 e. The Balaban J connectivity index is 3.33. The fraction of sp³-hybridized carbons (Fsp3) is 0.886. The van der Waals surface area contributed by atoms with Crippen molar-refractivity contribution in [2.45, 2.75) is 187 Å². The highest BCUT2D eigenvalue weighted by atomic mass is 16.5. The maximum absolute atomic E-state index is 11.7. The molecule has 0 fully saturated rings. The van der Waals surface area contributed by atoms with E-state index in [1.165, 1.54) is 135 Å². The molecule has 0 bridgehead atoms. The standard InChI is InChI=1S/C35H66O4/c1-3-5-6-7-8-9-10-11-12-13-14-15-16-17-18-19-20-21-22-23-24-25-26-27-28-29-30-33(35(37)38)32-34(36)39-31-4-2/h26-27,33H,3-25,28-32H2,1-2H3,(H,37,38)/b27-26+. The second-order valence-corrected chi connectivity index (χ2v) is 11.7. The molecular formula is C35H66O4. The van der Waals surface area contributed by atoms with Crippen molar-refractivity contribution >= 4 is 11.9 Å². The third kappa shape index (κ3) is 29.5. The quantitative estimate of drug-likeness (QED) is 0.0529. The first kappa shape index (κ1) is 37.7. The van der Waals surface area contributed by atoms with Gasteiger partial charge in [-0.15, -0.1) is 0 Å². The SMILES string of the molecule is CCCCCCCCCCCCCCCCCCCCCCC/C=C/CCCC(CC(=O)OCCC)C(=O)O. The molecule has 0 amide bonds. The molecule has 4 nitrogen and oxygen atoms in total. The van der Waals surface area contributed by atoms with E-state index in [0.29, 0.717) is 13.0 Å². The number of carbonyl (C=O) groups is 2. The molecule has 0 heterocycles. The Morgan fingerprint density at radius 2 is 0.949 bits per heavy atom. The summed E-state index contributed by atoms with van der Waals surface area (Å²) >= 11 is 0. The highest BCUT2D eigenvalue weighted by Gasteiger charge is 2.21. The molecule has 39 heavy (non-hydrogen) atoms. The monoisotopic (exact) mass is 550 g/mol. The number of unbranched alkanes of at least 4 members (excludes halogenated alkanes) is 22. The van der Waals surface area contributed by atoms with Crippen LogP contribution in [0.4, 0.5) is 0 Å². The number of aliphatic carboxylic acids is 1. The summed E-state index contributed by atoms with van der Waals surface area (Å²) < 4.78 is 5.02. The Bertz CT molecular complexity index is 557. The molecule has 0 aromatic heterocycles. The summed E-state index contributed by atoms with van der Waals surface area (Å²) in [5.41, 5.74) is 0. The molecule has 4 heteroatoms. The summed E-state index contributed by atoms with van der Waals surface area (Å²) in [6.45, 7) is 4.59. The zero-order chi connectivity index (χ0) is 28.7. The Kier molecular flexibility index (Phi) is 30.2. The number of hydrogen-bond acceptors (Lipinski definition) is 3. The summed E-state index contributed by atoms with van der Waals surface area (Å²) in [6, 6.07) is 0. The predicted octanol–water partition coefficient (Wildman–Crippen LogP) is 11.4. The lowest BCUT2D eigenvalue weighted by Gasteiger charge is -2.11. The Morgan fingerprint density at radius 3 is 1.33 bits per heavy atom. The molecule has 0 radical (unpaired) electrons. The fourth-order valence-corrected chi connectivity index (χ4v) is 5.20. The van der Waals surface area contributed by atoms with E-state index in [9.17, 15) is 14.7 Å². The van der Waals surface area contributed by atoms with Crippen molar-refractivity contribution in [1.82, 2.24) is 0 Å². The lowest BCUT2D eigenvalue weighted by molar-refractivity contribution is -0.151. The molecule has 1 atom stereocenters. The van der Waals surface area contributed by atoms with Crippen LogP contribution in [0, 0.1) is 5.92 Å². The van der Waals surface area contributed by atoms with Crippen LogP contribution in [0.5, 0.6) is 0 Å². The van der Waals surface area contributed by atoms with Gasteiger partial charge in [-0.25, -0.2) is 0 Å². The van der Waals surface area contributed by atoms with Gasteiger partial charge >= 0.3 is 11.9 Å². The lowest BCUT2D eigenvalue weighted by Crippen LogP contribution is -2.19. The average Bonchev–Trinajstić information content (AvgIpc) is 2.93. The minimum atomic E-state index is -0.896. The van der Waals surface area contributed by atoms with Gasteiger partial charge in [0.1, 0.15) is 0 Å². The molecule has 0 rings (SSSR count). The highest BCUT2D eigenvalue weighted by molar-refractivity contribution is 5.78. The molecular weight excluding hydrogens is 484 g/mol. The third-order valence-electron chi connectivity index (χ3n) is 7.79. The van der Waals surface area contributed by atoms with Gasteiger partial charge in [0, 0.05) is 0 Å². The molecule has 1 unspecified atom stereocenters. The van der Waals surface area contributed by atoms with Crippen LogP contribution in [-0.2, 0) is 14.3 Å². The molecule has 230 valence electrons. The van der Waals surface area contributed by atoms with Crippen LogP contribution in [0.3, 0.4) is 0 Å². The zero-order valence-electron chi connectivity index (χ0n) is 26.2. The molecule has 0 aromatic rings. The van der Waals surface area contributed by atoms with Crippen LogP contribution < -0.4 is 0 Å². The molecule has 0 aliphatic rings. The maximum atomic E-state index is 11.7. The normalized spacial score (nSPS) is 12.3. The average molecular weight is 551 g/mol. The first-order valence-electron chi connectivity index (χ1n) is 17.1. The third-order valence-corrected chi connectivity index (χ3v) is 7.79. The summed E-state index contributed by atoms with van der Waals surface area (Å²) in [5.74, 6) is -1.92. The van der Waals surface area contributed by atoms with Crippen molar-refractivity contribution in [3.63, 3.8) is 0 Å². The van der Waals surface area contributed by atoms with Gasteiger partial charge in [0.15, 0.2) is 0 Å². The van der Waals surface area contributed by atoms with E-state index in [4.69, 9.17) is 4.74 Å². The Hall–Kier alpha value is -1.32. The number of ether oxygens (including phenoxy) is 1. The van der Waals surface area contributed by atoms with E-state index in [1.807, 2.05) is 6.92 Å². The number of hydrogen-bond donors (Lipinski definition) is 1. The number of rotatable bonds is 31. The van der Waals surface area contributed by atoms with Gasteiger partial charge in [-0.05, 0) is 38.5 Å². The Morgan fingerprint density at radius 1 is 0.564 bits per heavy atom. The van der Waals surface area contributed by atoms with Gasteiger partial charge in [0.2, 0.25) is 0 Å². The van der Waals surface area contributed by atoms with Gasteiger partial charge in [-0.2, -0.15) is 0 Å². The van der Waals surface area contributed by atoms with Crippen molar-refractivity contribution in [2.75, 3.05) is 6.61 Å². The second kappa shape index (κ2) is 31.2. The molecule has 0 saturated heterocycles. The van der Waals surface area contributed by atoms with E-state index in [2.05, 4.69) is 19.1 Å². The lowest BCUT2D eigenvalue weighted by atomic mass is 9.98. The van der Waals surface area contributed by atoms with Crippen LogP contribution in [0.2, 0.25) is 0 Å². The van der Waals surface area contributed by atoms with E-state index in [1.54, 1.807) is 0 Å². The van der Waals surface area contributed by atoms with Crippen LogP contribution in [-0.4, -0.2) is 23.7 Å². The maximum Gasteiger partial charge on any atom is 0.307 e. The second-order valence-electron chi connectivity index (χ2n) is 11.7. The van der Waals surface area contributed by atoms with Gasteiger partial charge in [0.25, 0.3) is 0 Å². The molecule has 0 aliphatic heterocycles. The number of carboxylic acid groups (broad SMARTS) is 1. The predicted molar refractivity (Wildman–Crippen MR) is 167 cm³/mol. The van der Waals surface area contributed by atoms with Crippen LogP contribution in [0.15, 0.2) is 12.2 Å². The van der Waals surface area contributed by atoms with Gasteiger partial charge in [-0.3, -0.25) is 9.59 Å². The molecule has 0 aromatic carbocycles. The first-order valence-corrected chi connectivity index (χ1v) is 17.1. The summed E-state index contributed by atoms with van der Waals surface area (Å²) in [6.07, 6.45) is 38.1. The number of esters is 1. The van der Waals surface area contributed by atoms with E-state index < -0.39 is 17.9 Å². The van der Waals surface area contributed by atoms with Crippen molar-refractivity contribution in [2.24, 2.45) is 5.92 Å². The molecule has 0 saturated carbocycles. The number of carbonyl (C=O) groups excluding carboxylic acids is 1. The van der Waals surface area contributed by atoms with Crippen LogP contribution >= 0.6 is 0 Å². The Labute approximate surface area is 243 Å². The highest BCUT2D eigenvalue weighted by Crippen LogP contribution is 2.17. The molecule has 1 N–H and O–H groups in total. The largest absolute Gasteiger partial charge is 0.481 e. The first-order chi connectivity index (χ1) is 19.1. The number of allylic oxidation sites excluding steroid dienone is 2. The minimum absolute atomic E-state index is 0.0154.